The predicted molar refractivity (Wildman–Crippen MR) is 80.1 cm³/mol. The van der Waals surface area contributed by atoms with Crippen molar-refractivity contribution in [2.75, 3.05) is 5.73 Å². The number of carbonyl (C=O) groups is 1. The average molecular weight is 276 g/mol. The zero-order valence-electron chi connectivity index (χ0n) is 12.3. The Balaban J connectivity index is 1.99. The van der Waals surface area contributed by atoms with E-state index in [1.54, 1.807) is 18.2 Å². The molecule has 0 spiro atoms. The van der Waals surface area contributed by atoms with Crippen LogP contribution >= 0.6 is 0 Å². The van der Waals surface area contributed by atoms with Crippen LogP contribution in [-0.2, 0) is 11.3 Å². The first-order valence-corrected chi connectivity index (χ1v) is 7.25. The summed E-state index contributed by atoms with van der Waals surface area (Å²) in [5.74, 6) is 0.304. The highest BCUT2D eigenvalue weighted by atomic mass is 16.3. The Morgan fingerprint density at radius 2 is 2.20 bits per heavy atom. The minimum atomic E-state index is 0.0550. The van der Waals surface area contributed by atoms with E-state index in [4.69, 9.17) is 5.73 Å². The molecule has 4 N–H and O–H groups in total. The van der Waals surface area contributed by atoms with E-state index in [2.05, 4.69) is 19.2 Å². The van der Waals surface area contributed by atoms with Gasteiger partial charge in [-0.25, -0.2) is 0 Å². The number of nitrogens with one attached hydrogen (secondary N) is 1. The molecule has 2 rings (SSSR count). The van der Waals surface area contributed by atoms with Crippen molar-refractivity contribution in [1.29, 1.82) is 0 Å². The van der Waals surface area contributed by atoms with Gasteiger partial charge >= 0.3 is 0 Å². The first-order chi connectivity index (χ1) is 9.40. The second kappa shape index (κ2) is 5.73. The van der Waals surface area contributed by atoms with Crippen LogP contribution in [0.25, 0.3) is 0 Å². The highest BCUT2D eigenvalue weighted by molar-refractivity contribution is 5.79. The molecule has 0 radical (unpaired) electrons. The highest BCUT2D eigenvalue weighted by Crippen LogP contribution is 2.40. The standard InChI is InChI=1S/C16H24N2O2/c1-16(2)8-4-3-5-13(16)15(20)18-10-11-9-12(17)6-7-14(11)19/h6-7,9,13,19H,3-5,8,10,17H2,1-2H3,(H,18,20). The highest BCUT2D eigenvalue weighted by Gasteiger charge is 2.36. The summed E-state index contributed by atoms with van der Waals surface area (Å²) >= 11 is 0. The molecule has 4 heteroatoms. The fraction of sp³-hybridized carbons (Fsp3) is 0.562. The van der Waals surface area contributed by atoms with E-state index in [0.29, 0.717) is 17.8 Å². The Morgan fingerprint density at radius 1 is 1.45 bits per heavy atom. The number of nitrogen functional groups attached to an aromatic ring is 1. The Kier molecular flexibility index (Phi) is 4.21. The summed E-state index contributed by atoms with van der Waals surface area (Å²) in [5, 5.41) is 12.7. The number of phenols is 1. The third-order valence-electron chi connectivity index (χ3n) is 4.38. The van der Waals surface area contributed by atoms with Crippen LogP contribution in [0.4, 0.5) is 5.69 Å². The van der Waals surface area contributed by atoms with Gasteiger partial charge in [-0.2, -0.15) is 0 Å². The number of phenolic OH excluding ortho intramolecular Hbond substituents is 1. The molecule has 1 amide bonds. The predicted octanol–water partition coefficient (Wildman–Crippen LogP) is 2.81. The molecule has 1 atom stereocenters. The number of anilines is 1. The number of rotatable bonds is 3. The van der Waals surface area contributed by atoms with Gasteiger partial charge in [0.1, 0.15) is 5.75 Å². The molecule has 1 aliphatic carbocycles. The second-order valence-corrected chi connectivity index (χ2v) is 6.39. The van der Waals surface area contributed by atoms with Gasteiger partial charge in [-0.3, -0.25) is 4.79 Å². The quantitative estimate of drug-likeness (QED) is 0.587. The lowest BCUT2D eigenvalue weighted by atomic mass is 9.68. The largest absolute Gasteiger partial charge is 0.508 e. The molecule has 1 fully saturated rings. The maximum absolute atomic E-state index is 12.4. The number of benzene rings is 1. The van der Waals surface area contributed by atoms with Gasteiger partial charge in [-0.15, -0.1) is 0 Å². The van der Waals surface area contributed by atoms with Crippen molar-refractivity contribution in [3.05, 3.63) is 23.8 Å². The fourth-order valence-corrected chi connectivity index (χ4v) is 3.03. The molecule has 1 saturated carbocycles. The lowest BCUT2D eigenvalue weighted by Crippen LogP contribution is -2.40. The molecule has 0 bridgehead atoms. The summed E-state index contributed by atoms with van der Waals surface area (Å²) in [6.45, 7) is 4.64. The minimum absolute atomic E-state index is 0.0550. The van der Waals surface area contributed by atoms with E-state index in [0.717, 1.165) is 19.3 Å². The van der Waals surface area contributed by atoms with Crippen LogP contribution in [-0.4, -0.2) is 11.0 Å². The van der Waals surface area contributed by atoms with E-state index >= 15 is 0 Å². The Hall–Kier alpha value is -1.71. The van der Waals surface area contributed by atoms with Crippen LogP contribution in [0, 0.1) is 11.3 Å². The van der Waals surface area contributed by atoms with E-state index in [1.807, 2.05) is 0 Å². The Morgan fingerprint density at radius 3 is 2.90 bits per heavy atom. The van der Waals surface area contributed by atoms with Crippen molar-refractivity contribution >= 4 is 11.6 Å². The van der Waals surface area contributed by atoms with Crippen LogP contribution in [0.1, 0.15) is 45.1 Å². The van der Waals surface area contributed by atoms with E-state index in [-0.39, 0.29) is 23.0 Å². The third-order valence-corrected chi connectivity index (χ3v) is 4.38. The van der Waals surface area contributed by atoms with Gasteiger partial charge in [0, 0.05) is 23.7 Å². The molecule has 0 aliphatic heterocycles. The molecular weight excluding hydrogens is 252 g/mol. The summed E-state index contributed by atoms with van der Waals surface area (Å²) in [5.41, 5.74) is 7.00. The van der Waals surface area contributed by atoms with Crippen molar-refractivity contribution in [3.63, 3.8) is 0 Å². The molecule has 110 valence electrons. The smallest absolute Gasteiger partial charge is 0.223 e. The lowest BCUT2D eigenvalue weighted by Gasteiger charge is -2.37. The molecule has 1 aromatic carbocycles. The summed E-state index contributed by atoms with van der Waals surface area (Å²) in [7, 11) is 0. The molecule has 0 saturated heterocycles. The first-order valence-electron chi connectivity index (χ1n) is 7.25. The van der Waals surface area contributed by atoms with Gasteiger partial charge in [0.2, 0.25) is 5.91 Å². The van der Waals surface area contributed by atoms with Gasteiger partial charge in [-0.05, 0) is 36.5 Å². The van der Waals surface area contributed by atoms with Crippen LogP contribution in [0.3, 0.4) is 0 Å². The maximum Gasteiger partial charge on any atom is 0.223 e. The Bertz CT molecular complexity index is 497. The zero-order chi connectivity index (χ0) is 14.8. The van der Waals surface area contributed by atoms with Crippen molar-refractivity contribution in [2.45, 2.75) is 46.1 Å². The Labute approximate surface area is 120 Å². The van der Waals surface area contributed by atoms with E-state index in [1.165, 1.54) is 6.42 Å². The van der Waals surface area contributed by atoms with Gasteiger partial charge in [0.05, 0.1) is 0 Å². The number of hydrogen-bond donors (Lipinski definition) is 3. The van der Waals surface area contributed by atoms with Gasteiger partial charge in [-0.1, -0.05) is 26.7 Å². The maximum atomic E-state index is 12.4. The molecule has 1 aromatic rings. The first kappa shape index (κ1) is 14.7. The van der Waals surface area contributed by atoms with E-state index in [9.17, 15) is 9.90 Å². The van der Waals surface area contributed by atoms with Gasteiger partial charge in [0.25, 0.3) is 0 Å². The number of hydrogen-bond acceptors (Lipinski definition) is 3. The van der Waals surface area contributed by atoms with Crippen LogP contribution in [0.5, 0.6) is 5.75 Å². The monoisotopic (exact) mass is 276 g/mol. The molecule has 0 heterocycles. The minimum Gasteiger partial charge on any atom is -0.508 e. The summed E-state index contributed by atoms with van der Waals surface area (Å²) in [6.07, 6.45) is 4.36. The number of aromatic hydroxyl groups is 1. The van der Waals surface area contributed by atoms with Crippen molar-refractivity contribution in [2.24, 2.45) is 11.3 Å². The third kappa shape index (κ3) is 3.24. The summed E-state index contributed by atoms with van der Waals surface area (Å²) in [6, 6.07) is 4.90. The van der Waals surface area contributed by atoms with Crippen molar-refractivity contribution < 1.29 is 9.90 Å². The lowest BCUT2D eigenvalue weighted by molar-refractivity contribution is -0.130. The van der Waals surface area contributed by atoms with Crippen molar-refractivity contribution in [1.82, 2.24) is 5.32 Å². The van der Waals surface area contributed by atoms with Crippen molar-refractivity contribution in [3.8, 4) is 5.75 Å². The zero-order valence-corrected chi connectivity index (χ0v) is 12.3. The van der Waals surface area contributed by atoms with Crippen LogP contribution in [0.2, 0.25) is 0 Å². The SMILES string of the molecule is CC1(C)CCCCC1C(=O)NCc1cc(N)ccc1O. The molecule has 1 aliphatic rings. The molecule has 4 nitrogen and oxygen atoms in total. The average Bonchev–Trinajstić information content (AvgIpc) is 2.39. The number of carbonyl (C=O) groups excluding carboxylic acids is 1. The normalized spacial score (nSPS) is 21.4. The topological polar surface area (TPSA) is 75.4 Å². The fourth-order valence-electron chi connectivity index (χ4n) is 3.03. The van der Waals surface area contributed by atoms with Gasteiger partial charge in [0.15, 0.2) is 0 Å². The van der Waals surface area contributed by atoms with Gasteiger partial charge < -0.3 is 16.2 Å². The van der Waals surface area contributed by atoms with Crippen LogP contribution < -0.4 is 11.1 Å². The number of amides is 1. The van der Waals surface area contributed by atoms with E-state index < -0.39 is 0 Å². The second-order valence-electron chi connectivity index (χ2n) is 6.39. The van der Waals surface area contributed by atoms with Crippen LogP contribution in [0.15, 0.2) is 18.2 Å². The molecule has 1 unspecified atom stereocenters. The molecule has 20 heavy (non-hydrogen) atoms. The number of nitrogens with two attached hydrogens (primary N) is 1. The summed E-state index contributed by atoms with van der Waals surface area (Å²) < 4.78 is 0. The summed E-state index contributed by atoms with van der Waals surface area (Å²) in [4.78, 5) is 12.4. The molecule has 0 aromatic heterocycles. The molecular formula is C16H24N2O2.